The second-order valence-electron chi connectivity index (χ2n) is 12.4. The Morgan fingerprint density at radius 1 is 1.22 bits per heavy atom. The number of hydrazine groups is 1. The number of allylic oxidation sites excluding steroid dienone is 3. The largest absolute Gasteiger partial charge is 0.507 e. The molecule has 6 N–H and O–H groups in total. The molecular weight excluding hydrogens is 650 g/mol. The van der Waals surface area contributed by atoms with Gasteiger partial charge in [-0.15, -0.1) is 11.3 Å². The molecule has 2 aromatic carbocycles. The first-order valence-corrected chi connectivity index (χ1v) is 18.6. The Hall–Kier alpha value is -4.53. The number of ether oxygens (including phenoxy) is 1. The molecule has 9 nitrogen and oxygen atoms in total. The summed E-state index contributed by atoms with van der Waals surface area (Å²) in [7, 11) is 0. The summed E-state index contributed by atoms with van der Waals surface area (Å²) in [4.78, 5) is 7.39. The molecule has 0 radical (unpaired) electrons. The third-order valence-corrected chi connectivity index (χ3v) is 9.87. The van der Waals surface area contributed by atoms with Crippen LogP contribution in [-0.4, -0.2) is 35.5 Å². The number of nitriles is 1. The monoisotopic (exact) mass is 701 g/mol. The van der Waals surface area contributed by atoms with Crippen molar-refractivity contribution >= 4 is 32.3 Å². The van der Waals surface area contributed by atoms with Crippen molar-refractivity contribution in [1.29, 1.82) is 5.26 Å². The molecule has 0 bridgehead atoms. The van der Waals surface area contributed by atoms with E-state index in [4.69, 9.17) is 15.5 Å². The standard InChI is InChI=1S/C33H36FN7O2S.C4H10.C2H6/c1-4-6-26(41-12-10-18(2)15-41)39-33(37-14-20-7-5-11-38-40-20)27-19(3)31(42)29(23-17-43-16-22(23)27)30-24(34)8-9-25-28(30)21(13-35)32(36)44-25;1-3-4-2;1-2/h5-9,11,18,38,40,42H,4,10,12,14-17,36H2,1-3H3,(H,37,39);3-4H2,1-2H3;1-2H3/b26-6-;;. The molecule has 1 saturated heterocycles. The minimum Gasteiger partial charge on any atom is -0.507 e. The summed E-state index contributed by atoms with van der Waals surface area (Å²) in [5.41, 5.74) is 16.6. The number of phenolic OH excluding ortho intramolecular Hbond substituents is 1. The Morgan fingerprint density at radius 2 is 1.96 bits per heavy atom. The Bertz CT molecular complexity index is 1830. The number of hydrogen-bond donors (Lipinski definition) is 5. The molecule has 1 unspecified atom stereocenters. The van der Waals surface area contributed by atoms with Crippen LogP contribution in [0.15, 0.2) is 53.1 Å². The molecule has 0 amide bonds. The number of fused-ring (bicyclic) bond motifs is 2. The van der Waals surface area contributed by atoms with E-state index in [9.17, 15) is 10.4 Å². The number of nitrogens with two attached hydrogens (primary N) is 1. The van der Waals surface area contributed by atoms with Gasteiger partial charge in [0.1, 0.15) is 34.3 Å². The van der Waals surface area contributed by atoms with Crippen LogP contribution in [0.3, 0.4) is 0 Å². The first-order valence-electron chi connectivity index (χ1n) is 17.7. The van der Waals surface area contributed by atoms with Gasteiger partial charge in [0.2, 0.25) is 0 Å². The summed E-state index contributed by atoms with van der Waals surface area (Å²) in [5.74, 6) is 1.53. The van der Waals surface area contributed by atoms with Gasteiger partial charge in [-0.05, 0) is 67.2 Å². The maximum Gasteiger partial charge on any atom is 0.135 e. The van der Waals surface area contributed by atoms with E-state index in [0.29, 0.717) is 50.1 Å². The molecule has 11 heteroatoms. The van der Waals surface area contributed by atoms with E-state index in [0.717, 1.165) is 48.6 Å². The van der Waals surface area contributed by atoms with Gasteiger partial charge < -0.3 is 36.6 Å². The minimum absolute atomic E-state index is 0.0748. The zero-order valence-electron chi connectivity index (χ0n) is 30.5. The molecule has 50 heavy (non-hydrogen) atoms. The summed E-state index contributed by atoms with van der Waals surface area (Å²) < 4.78 is 22.4. The van der Waals surface area contributed by atoms with Crippen LogP contribution in [0.25, 0.3) is 21.2 Å². The molecule has 6 rings (SSSR count). The predicted molar refractivity (Wildman–Crippen MR) is 205 cm³/mol. The average Bonchev–Trinajstić information content (AvgIpc) is 3.87. The van der Waals surface area contributed by atoms with Crippen LogP contribution in [0, 0.1) is 30.0 Å². The number of halogens is 1. The highest BCUT2D eigenvalue weighted by Crippen LogP contribution is 2.49. The van der Waals surface area contributed by atoms with Crippen LogP contribution in [-0.2, 0) is 18.0 Å². The number of amidine groups is 1. The molecular formula is C39H52FN7O2S. The second kappa shape index (κ2) is 17.9. The number of nitrogens with zero attached hydrogens (tertiary/aromatic N) is 3. The van der Waals surface area contributed by atoms with Crippen molar-refractivity contribution in [2.45, 2.75) is 87.4 Å². The van der Waals surface area contributed by atoms with Crippen molar-refractivity contribution in [1.82, 2.24) is 21.1 Å². The predicted octanol–water partition coefficient (Wildman–Crippen LogP) is 8.47. The lowest BCUT2D eigenvalue weighted by molar-refractivity contribution is 0.134. The van der Waals surface area contributed by atoms with Crippen LogP contribution in [0.2, 0.25) is 0 Å². The van der Waals surface area contributed by atoms with Gasteiger partial charge >= 0.3 is 0 Å². The molecule has 1 fully saturated rings. The van der Waals surface area contributed by atoms with Gasteiger partial charge in [0.05, 0.1) is 31.0 Å². The Labute approximate surface area is 300 Å². The Kier molecular flexibility index (Phi) is 13.7. The smallest absolute Gasteiger partial charge is 0.135 e. The van der Waals surface area contributed by atoms with Gasteiger partial charge in [0, 0.05) is 51.6 Å². The van der Waals surface area contributed by atoms with Gasteiger partial charge in [0.15, 0.2) is 0 Å². The summed E-state index contributed by atoms with van der Waals surface area (Å²) in [6, 6.07) is 5.13. The fourth-order valence-corrected chi connectivity index (χ4v) is 7.16. The third kappa shape index (κ3) is 8.09. The minimum atomic E-state index is -0.539. The number of rotatable bonds is 8. The highest BCUT2D eigenvalue weighted by Gasteiger charge is 2.32. The second-order valence-corrected chi connectivity index (χ2v) is 13.5. The van der Waals surface area contributed by atoms with Crippen LogP contribution < -0.4 is 21.9 Å². The summed E-state index contributed by atoms with van der Waals surface area (Å²) in [5, 5.41) is 26.2. The van der Waals surface area contributed by atoms with Gasteiger partial charge in [-0.3, -0.25) is 4.99 Å². The highest BCUT2D eigenvalue weighted by molar-refractivity contribution is 7.23. The van der Waals surface area contributed by atoms with Crippen molar-refractivity contribution in [2.75, 3.05) is 25.4 Å². The molecule has 3 aliphatic heterocycles. The molecule has 0 saturated carbocycles. The fraction of sp³-hybridized carbons (Fsp3) is 0.436. The number of likely N-dealkylation sites (tertiary alicyclic amines) is 1. The zero-order chi connectivity index (χ0) is 36.4. The number of nitrogens with one attached hydrogen (secondary N) is 3. The van der Waals surface area contributed by atoms with E-state index in [1.807, 2.05) is 32.9 Å². The summed E-state index contributed by atoms with van der Waals surface area (Å²) in [6.07, 6.45) is 12.4. The van der Waals surface area contributed by atoms with Gasteiger partial charge in [-0.25, -0.2) is 4.39 Å². The highest BCUT2D eigenvalue weighted by atomic mass is 32.1. The number of aromatic hydroxyl groups is 1. The van der Waals surface area contributed by atoms with Crippen molar-refractivity contribution in [3.05, 3.63) is 81.7 Å². The maximum atomic E-state index is 15.8. The molecule has 1 aromatic heterocycles. The van der Waals surface area contributed by atoms with E-state index in [1.54, 1.807) is 12.3 Å². The van der Waals surface area contributed by atoms with Crippen molar-refractivity contribution in [2.24, 2.45) is 10.9 Å². The first-order chi connectivity index (χ1) is 24.2. The molecule has 3 aliphatic rings. The van der Waals surface area contributed by atoms with E-state index < -0.39 is 5.82 Å². The number of anilines is 1. The number of hydrogen-bond acceptors (Lipinski definition) is 9. The molecule has 4 heterocycles. The fourth-order valence-electron chi connectivity index (χ4n) is 6.23. The van der Waals surface area contributed by atoms with E-state index in [1.165, 1.54) is 30.2 Å². The number of aliphatic imine (C=N–C) groups is 1. The molecule has 0 aliphatic carbocycles. The van der Waals surface area contributed by atoms with Gasteiger partial charge in [-0.1, -0.05) is 54.4 Å². The first kappa shape index (κ1) is 38.3. The van der Waals surface area contributed by atoms with Crippen molar-refractivity contribution < 1.29 is 14.2 Å². The number of phenols is 1. The molecule has 268 valence electrons. The van der Waals surface area contributed by atoms with E-state index in [2.05, 4.69) is 60.9 Å². The number of unbranched alkanes of at least 4 members (excludes halogenated alkanes) is 1. The van der Waals surface area contributed by atoms with Crippen molar-refractivity contribution in [3.8, 4) is 22.9 Å². The topological polar surface area (TPSA) is 131 Å². The lowest BCUT2D eigenvalue weighted by Crippen LogP contribution is -2.36. The SMILES string of the molecule is CC.CC/C=C(/NC(=NCC1=CC=CNN1)c1c(C)c(O)c(-c2c(F)ccc3sc(N)c(C#N)c23)c2c1COC2)N1CCC(C)C1.CCCC. The zero-order valence-corrected chi connectivity index (χ0v) is 31.3. The molecule has 3 aromatic rings. The molecule has 0 spiro atoms. The van der Waals surface area contributed by atoms with Crippen LogP contribution in [0.1, 0.15) is 95.0 Å². The van der Waals surface area contributed by atoms with Gasteiger partial charge in [-0.2, -0.15) is 5.26 Å². The van der Waals surface area contributed by atoms with Crippen LogP contribution in [0.5, 0.6) is 5.75 Å². The summed E-state index contributed by atoms with van der Waals surface area (Å²) >= 11 is 1.23. The number of nitrogen functional groups attached to an aromatic ring is 1. The van der Waals surface area contributed by atoms with Gasteiger partial charge in [0.25, 0.3) is 0 Å². The molecule has 1 atom stereocenters. The van der Waals surface area contributed by atoms with E-state index >= 15 is 4.39 Å². The van der Waals surface area contributed by atoms with Crippen LogP contribution >= 0.6 is 11.3 Å². The normalized spacial score (nSPS) is 16.7. The quantitative estimate of drug-likeness (QED) is 0.117. The average molecular weight is 702 g/mol. The van der Waals surface area contributed by atoms with Crippen molar-refractivity contribution in [3.63, 3.8) is 0 Å². The van der Waals surface area contributed by atoms with Crippen LogP contribution in [0.4, 0.5) is 9.39 Å². The van der Waals surface area contributed by atoms with E-state index in [-0.39, 0.29) is 30.1 Å². The third-order valence-electron chi connectivity index (χ3n) is 8.88. The Morgan fingerprint density at radius 3 is 2.58 bits per heavy atom. The lowest BCUT2D eigenvalue weighted by atomic mass is 9.86. The Balaban J connectivity index is 0.000000875. The number of thiophene rings is 1. The maximum absolute atomic E-state index is 15.8. The lowest BCUT2D eigenvalue weighted by Gasteiger charge is -2.27. The summed E-state index contributed by atoms with van der Waals surface area (Å²) in [6.45, 7) is 17.2. The number of benzene rings is 2.